The van der Waals surface area contributed by atoms with Gasteiger partial charge < -0.3 is 4.42 Å². The van der Waals surface area contributed by atoms with E-state index in [1.54, 1.807) is 12.1 Å². The number of hydrogen-bond donors (Lipinski definition) is 1. The van der Waals surface area contributed by atoms with Crippen LogP contribution < -0.4 is 11.4 Å². The summed E-state index contributed by atoms with van der Waals surface area (Å²) in [5, 5.41) is 2.30. The lowest BCUT2D eigenvalue weighted by Gasteiger charge is -1.99. The van der Waals surface area contributed by atoms with E-state index in [1.165, 1.54) is 0 Å². The van der Waals surface area contributed by atoms with Crippen molar-refractivity contribution >= 4 is 21.7 Å². The Balaban J connectivity index is 2.61. The van der Waals surface area contributed by atoms with Crippen LogP contribution in [-0.4, -0.2) is 4.98 Å². The highest BCUT2D eigenvalue weighted by Crippen LogP contribution is 2.18. The molecular formula is C12H7NO3. The summed E-state index contributed by atoms with van der Waals surface area (Å²) in [7, 11) is 0. The fourth-order valence-electron chi connectivity index (χ4n) is 1.79. The highest BCUT2D eigenvalue weighted by atomic mass is 16.4. The van der Waals surface area contributed by atoms with Crippen molar-refractivity contribution in [2.24, 2.45) is 0 Å². The van der Waals surface area contributed by atoms with Gasteiger partial charge in [-0.1, -0.05) is 24.3 Å². The van der Waals surface area contributed by atoms with Crippen LogP contribution in [0.3, 0.4) is 0 Å². The highest BCUT2D eigenvalue weighted by molar-refractivity contribution is 5.95. The lowest BCUT2D eigenvalue weighted by molar-refractivity contribution is 0.460. The van der Waals surface area contributed by atoms with Crippen LogP contribution in [-0.2, 0) is 0 Å². The zero-order chi connectivity index (χ0) is 11.1. The van der Waals surface area contributed by atoms with Gasteiger partial charge in [-0.3, -0.25) is 4.98 Å². The summed E-state index contributed by atoms with van der Waals surface area (Å²) >= 11 is 0. The summed E-state index contributed by atoms with van der Waals surface area (Å²) in [5.41, 5.74) is -0.107. The molecule has 0 atom stereocenters. The third-order valence-corrected chi connectivity index (χ3v) is 2.53. The van der Waals surface area contributed by atoms with Gasteiger partial charge in [-0.25, -0.2) is 9.59 Å². The van der Waals surface area contributed by atoms with Crippen LogP contribution in [0.4, 0.5) is 0 Å². The number of benzene rings is 2. The second kappa shape index (κ2) is 3.06. The van der Waals surface area contributed by atoms with Gasteiger partial charge in [0.2, 0.25) is 0 Å². The molecule has 3 aromatic rings. The maximum atomic E-state index is 11.5. The highest BCUT2D eigenvalue weighted by Gasteiger charge is 2.03. The lowest BCUT2D eigenvalue weighted by Crippen LogP contribution is -2.14. The number of H-pyrrole nitrogens is 1. The number of rotatable bonds is 0. The molecule has 3 rings (SSSR count). The summed E-state index contributed by atoms with van der Waals surface area (Å²) < 4.78 is 4.47. The van der Waals surface area contributed by atoms with E-state index < -0.39 is 11.4 Å². The number of nitrogens with one attached hydrogen (secondary N) is 1. The first kappa shape index (κ1) is 8.91. The van der Waals surface area contributed by atoms with Gasteiger partial charge in [0.25, 0.3) is 0 Å². The van der Waals surface area contributed by atoms with E-state index in [2.05, 4.69) is 9.40 Å². The van der Waals surface area contributed by atoms with Gasteiger partial charge in [-0.2, -0.15) is 0 Å². The Morgan fingerprint density at radius 3 is 2.44 bits per heavy atom. The summed E-state index contributed by atoms with van der Waals surface area (Å²) in [6, 6.07) is 11.1. The summed E-state index contributed by atoms with van der Waals surface area (Å²) in [6.07, 6.45) is 0. The predicted molar refractivity (Wildman–Crippen MR) is 60.6 cm³/mol. The molecule has 78 valence electrons. The van der Waals surface area contributed by atoms with Gasteiger partial charge in [-0.15, -0.1) is 0 Å². The third kappa shape index (κ3) is 1.24. The molecule has 0 saturated carbocycles. The first-order valence-electron chi connectivity index (χ1n) is 4.80. The fourth-order valence-corrected chi connectivity index (χ4v) is 1.79. The standard InChI is InChI=1S/C12H7NO3/c14-11-9-5-7-3-1-2-4-8(7)6-10(9)13-12(15)16-11/h1-6H,(H,13,15). The predicted octanol–water partition coefficient (Wildman–Crippen LogP) is 1.63. The summed E-state index contributed by atoms with van der Waals surface area (Å²) in [5.74, 6) is -0.729. The second-order valence-electron chi connectivity index (χ2n) is 3.55. The molecule has 0 radical (unpaired) electrons. The van der Waals surface area contributed by atoms with Crippen LogP contribution in [0.2, 0.25) is 0 Å². The van der Waals surface area contributed by atoms with Gasteiger partial charge >= 0.3 is 11.4 Å². The van der Waals surface area contributed by atoms with Crippen molar-refractivity contribution in [2.45, 2.75) is 0 Å². The zero-order valence-corrected chi connectivity index (χ0v) is 8.19. The topological polar surface area (TPSA) is 63.1 Å². The fraction of sp³-hybridized carbons (Fsp3) is 0. The normalized spacial score (nSPS) is 11.0. The van der Waals surface area contributed by atoms with Crippen molar-refractivity contribution in [3.63, 3.8) is 0 Å². The second-order valence-corrected chi connectivity index (χ2v) is 3.55. The molecule has 0 spiro atoms. The van der Waals surface area contributed by atoms with Crippen LogP contribution >= 0.6 is 0 Å². The zero-order valence-electron chi connectivity index (χ0n) is 8.19. The number of aromatic nitrogens is 1. The summed E-state index contributed by atoms with van der Waals surface area (Å²) in [6.45, 7) is 0. The van der Waals surface area contributed by atoms with Crippen LogP contribution in [0, 0.1) is 0 Å². The largest absolute Gasteiger partial charge is 0.419 e. The molecule has 0 fully saturated rings. The molecule has 0 aliphatic rings. The molecule has 0 amide bonds. The van der Waals surface area contributed by atoms with Gasteiger partial charge in [0.1, 0.15) is 0 Å². The van der Waals surface area contributed by atoms with Gasteiger partial charge in [0, 0.05) is 0 Å². The van der Waals surface area contributed by atoms with Crippen molar-refractivity contribution in [2.75, 3.05) is 0 Å². The average Bonchev–Trinajstić information content (AvgIpc) is 2.27. The van der Waals surface area contributed by atoms with Crippen LogP contribution in [0.5, 0.6) is 0 Å². The van der Waals surface area contributed by atoms with Gasteiger partial charge in [-0.05, 0) is 22.9 Å². The Morgan fingerprint density at radius 1 is 1.00 bits per heavy atom. The molecule has 0 aliphatic heterocycles. The molecule has 1 N–H and O–H groups in total. The molecule has 4 heteroatoms. The first-order valence-corrected chi connectivity index (χ1v) is 4.80. The maximum absolute atomic E-state index is 11.5. The molecule has 4 nitrogen and oxygen atoms in total. The van der Waals surface area contributed by atoms with Crippen molar-refractivity contribution in [1.82, 2.24) is 4.98 Å². The first-order chi connectivity index (χ1) is 7.74. The minimum Gasteiger partial charge on any atom is -0.372 e. The van der Waals surface area contributed by atoms with E-state index in [0.29, 0.717) is 10.9 Å². The van der Waals surface area contributed by atoms with Gasteiger partial charge in [0.15, 0.2) is 0 Å². The van der Waals surface area contributed by atoms with Crippen molar-refractivity contribution in [1.29, 1.82) is 0 Å². The molecule has 0 unspecified atom stereocenters. The van der Waals surface area contributed by atoms with Crippen molar-refractivity contribution in [3.05, 3.63) is 57.4 Å². The Morgan fingerprint density at radius 2 is 1.69 bits per heavy atom. The molecule has 16 heavy (non-hydrogen) atoms. The Bertz CT molecular complexity index is 798. The molecule has 0 bridgehead atoms. The van der Waals surface area contributed by atoms with Crippen LogP contribution in [0.15, 0.2) is 50.4 Å². The lowest BCUT2D eigenvalue weighted by atomic mass is 10.1. The molecule has 2 aromatic carbocycles. The average molecular weight is 213 g/mol. The molecule has 0 saturated heterocycles. The van der Waals surface area contributed by atoms with E-state index in [-0.39, 0.29) is 0 Å². The minimum atomic E-state index is -0.729. The number of aromatic amines is 1. The quantitative estimate of drug-likeness (QED) is 0.577. The molecule has 0 aliphatic carbocycles. The molecular weight excluding hydrogens is 206 g/mol. The minimum absolute atomic E-state index is 0.387. The van der Waals surface area contributed by atoms with E-state index >= 15 is 0 Å². The van der Waals surface area contributed by atoms with E-state index in [0.717, 1.165) is 10.8 Å². The summed E-state index contributed by atoms with van der Waals surface area (Å²) in [4.78, 5) is 25.0. The Kier molecular flexibility index (Phi) is 1.71. The number of fused-ring (bicyclic) bond motifs is 2. The SMILES string of the molecule is O=c1[nH]c2cc3ccccc3cc2c(=O)o1. The molecule has 1 heterocycles. The molecule has 1 aromatic heterocycles. The van der Waals surface area contributed by atoms with E-state index in [4.69, 9.17) is 0 Å². The Hall–Kier alpha value is -2.36. The maximum Gasteiger partial charge on any atom is 0.419 e. The van der Waals surface area contributed by atoms with Crippen LogP contribution in [0.25, 0.3) is 21.7 Å². The monoisotopic (exact) mass is 213 g/mol. The Labute approximate surface area is 89.1 Å². The van der Waals surface area contributed by atoms with E-state index in [9.17, 15) is 9.59 Å². The van der Waals surface area contributed by atoms with Crippen LogP contribution in [0.1, 0.15) is 0 Å². The van der Waals surface area contributed by atoms with E-state index in [1.807, 2.05) is 24.3 Å². The number of hydrogen-bond acceptors (Lipinski definition) is 3. The smallest absolute Gasteiger partial charge is 0.372 e. The van der Waals surface area contributed by atoms with Crippen molar-refractivity contribution in [3.8, 4) is 0 Å². The van der Waals surface area contributed by atoms with Gasteiger partial charge in [0.05, 0.1) is 10.9 Å². The van der Waals surface area contributed by atoms with Crippen molar-refractivity contribution < 1.29 is 4.42 Å². The third-order valence-electron chi connectivity index (χ3n) is 2.53.